The van der Waals surface area contributed by atoms with Crippen molar-refractivity contribution >= 4 is 23.9 Å². The molecule has 0 aromatic carbocycles. The van der Waals surface area contributed by atoms with Crippen LogP contribution in [-0.4, -0.2) is 50.3 Å². The standard InChI is InChI=1S/C18H30O8/c1-7-23-15(19)13(16(20)24-8-2)11(5)12(6)14(17(21)25-9-3)18(22)26-10-4/h11-14H,7-10H2,1-6H3/t11-,12+. The Morgan fingerprint density at radius 3 is 0.885 bits per heavy atom. The van der Waals surface area contributed by atoms with Gasteiger partial charge in [0, 0.05) is 0 Å². The van der Waals surface area contributed by atoms with E-state index >= 15 is 0 Å². The highest BCUT2D eigenvalue weighted by Gasteiger charge is 2.45. The van der Waals surface area contributed by atoms with Crippen molar-refractivity contribution in [2.75, 3.05) is 26.4 Å². The minimum absolute atomic E-state index is 0.0923. The third-order valence-electron chi connectivity index (χ3n) is 4.04. The molecule has 0 aromatic heterocycles. The molecule has 0 aliphatic heterocycles. The molecule has 0 bridgehead atoms. The van der Waals surface area contributed by atoms with Crippen molar-refractivity contribution in [2.45, 2.75) is 41.5 Å². The summed E-state index contributed by atoms with van der Waals surface area (Å²) in [5, 5.41) is 0. The number of esters is 4. The average Bonchev–Trinajstić information content (AvgIpc) is 2.56. The SMILES string of the molecule is CCOC(=O)C(C(=O)OCC)[C@@H](C)[C@@H](C)C(C(=O)OCC)C(=O)OCC. The van der Waals surface area contributed by atoms with Crippen molar-refractivity contribution < 1.29 is 38.1 Å². The lowest BCUT2D eigenvalue weighted by molar-refractivity contribution is -0.172. The summed E-state index contributed by atoms with van der Waals surface area (Å²) in [6, 6.07) is 0. The molecule has 0 aliphatic rings. The summed E-state index contributed by atoms with van der Waals surface area (Å²) < 4.78 is 19.9. The Hall–Kier alpha value is -2.12. The number of hydrogen-bond donors (Lipinski definition) is 0. The lowest BCUT2D eigenvalue weighted by Crippen LogP contribution is -2.42. The van der Waals surface area contributed by atoms with Crippen LogP contribution in [0.4, 0.5) is 0 Å². The van der Waals surface area contributed by atoms with Crippen LogP contribution >= 0.6 is 0 Å². The normalized spacial score (nSPS) is 13.1. The van der Waals surface area contributed by atoms with Gasteiger partial charge in [-0.25, -0.2) is 0 Å². The molecule has 0 saturated carbocycles. The molecule has 0 heterocycles. The van der Waals surface area contributed by atoms with Crippen LogP contribution in [0.25, 0.3) is 0 Å². The van der Waals surface area contributed by atoms with Gasteiger partial charge in [-0.05, 0) is 39.5 Å². The van der Waals surface area contributed by atoms with Gasteiger partial charge < -0.3 is 18.9 Å². The molecule has 0 aromatic rings. The molecule has 0 amide bonds. The molecular weight excluding hydrogens is 344 g/mol. The van der Waals surface area contributed by atoms with Crippen molar-refractivity contribution in [3.63, 3.8) is 0 Å². The van der Waals surface area contributed by atoms with Crippen LogP contribution in [0.1, 0.15) is 41.5 Å². The van der Waals surface area contributed by atoms with E-state index in [-0.39, 0.29) is 26.4 Å². The van der Waals surface area contributed by atoms with Crippen LogP contribution in [0.5, 0.6) is 0 Å². The van der Waals surface area contributed by atoms with Crippen LogP contribution in [0.3, 0.4) is 0 Å². The van der Waals surface area contributed by atoms with Gasteiger partial charge in [0.15, 0.2) is 11.8 Å². The van der Waals surface area contributed by atoms with E-state index in [1.54, 1.807) is 41.5 Å². The van der Waals surface area contributed by atoms with Crippen LogP contribution in [0.2, 0.25) is 0 Å². The van der Waals surface area contributed by atoms with Crippen LogP contribution in [0, 0.1) is 23.7 Å². The first-order chi connectivity index (χ1) is 12.3. The molecule has 8 heteroatoms. The van der Waals surface area contributed by atoms with Gasteiger partial charge in [0.1, 0.15) is 0 Å². The van der Waals surface area contributed by atoms with Gasteiger partial charge in [-0.2, -0.15) is 0 Å². The molecule has 2 atom stereocenters. The minimum atomic E-state index is -1.25. The van der Waals surface area contributed by atoms with E-state index in [1.807, 2.05) is 0 Å². The summed E-state index contributed by atoms with van der Waals surface area (Å²) in [5.41, 5.74) is 0. The van der Waals surface area contributed by atoms with E-state index in [4.69, 9.17) is 18.9 Å². The Morgan fingerprint density at radius 2 is 0.731 bits per heavy atom. The first kappa shape index (κ1) is 23.9. The Balaban J connectivity index is 5.67. The van der Waals surface area contributed by atoms with Crippen molar-refractivity contribution in [1.29, 1.82) is 0 Å². The summed E-state index contributed by atoms with van der Waals surface area (Å²) in [7, 11) is 0. The zero-order valence-electron chi connectivity index (χ0n) is 16.4. The quantitative estimate of drug-likeness (QED) is 0.306. The molecule has 0 fully saturated rings. The van der Waals surface area contributed by atoms with E-state index in [0.717, 1.165) is 0 Å². The largest absolute Gasteiger partial charge is 0.465 e. The van der Waals surface area contributed by atoms with Gasteiger partial charge in [-0.3, -0.25) is 19.2 Å². The fraction of sp³-hybridized carbons (Fsp3) is 0.778. The number of carbonyl (C=O) groups excluding carboxylic acids is 4. The molecule has 0 rings (SSSR count). The van der Waals surface area contributed by atoms with Gasteiger partial charge >= 0.3 is 23.9 Å². The predicted octanol–water partition coefficient (Wildman–Crippen LogP) is 1.74. The first-order valence-electron chi connectivity index (χ1n) is 8.93. The fourth-order valence-corrected chi connectivity index (χ4v) is 2.59. The van der Waals surface area contributed by atoms with E-state index in [0.29, 0.717) is 0 Å². The summed E-state index contributed by atoms with van der Waals surface area (Å²) in [5.74, 6) is -6.95. The van der Waals surface area contributed by atoms with Crippen molar-refractivity contribution in [1.82, 2.24) is 0 Å². The van der Waals surface area contributed by atoms with E-state index < -0.39 is 47.5 Å². The maximum absolute atomic E-state index is 12.3. The third kappa shape index (κ3) is 6.65. The molecule has 0 unspecified atom stereocenters. The zero-order chi connectivity index (χ0) is 20.3. The Bertz CT molecular complexity index is 408. The predicted molar refractivity (Wildman–Crippen MR) is 91.8 cm³/mol. The summed E-state index contributed by atoms with van der Waals surface area (Å²) in [4.78, 5) is 49.1. The lowest BCUT2D eigenvalue weighted by Gasteiger charge is -2.29. The molecule has 0 spiro atoms. The molecule has 150 valence electrons. The van der Waals surface area contributed by atoms with Crippen LogP contribution < -0.4 is 0 Å². The van der Waals surface area contributed by atoms with Gasteiger partial charge in [0.25, 0.3) is 0 Å². The Labute approximate surface area is 154 Å². The number of ether oxygens (including phenoxy) is 4. The molecule has 0 radical (unpaired) electrons. The molecule has 0 N–H and O–H groups in total. The third-order valence-corrected chi connectivity index (χ3v) is 4.04. The number of carbonyl (C=O) groups is 4. The average molecular weight is 374 g/mol. The zero-order valence-corrected chi connectivity index (χ0v) is 16.4. The smallest absolute Gasteiger partial charge is 0.320 e. The second-order valence-electron chi connectivity index (χ2n) is 5.68. The molecule has 8 nitrogen and oxygen atoms in total. The highest BCUT2D eigenvalue weighted by Crippen LogP contribution is 2.31. The van der Waals surface area contributed by atoms with Crippen LogP contribution in [0.15, 0.2) is 0 Å². The monoisotopic (exact) mass is 374 g/mol. The van der Waals surface area contributed by atoms with Crippen LogP contribution in [-0.2, 0) is 38.1 Å². The van der Waals surface area contributed by atoms with E-state index in [2.05, 4.69) is 0 Å². The second kappa shape index (κ2) is 12.3. The number of rotatable bonds is 11. The summed E-state index contributed by atoms with van der Waals surface area (Å²) in [6.45, 7) is 10.0. The van der Waals surface area contributed by atoms with Gasteiger partial charge in [-0.15, -0.1) is 0 Å². The fourth-order valence-electron chi connectivity index (χ4n) is 2.59. The Morgan fingerprint density at radius 1 is 0.538 bits per heavy atom. The summed E-state index contributed by atoms with van der Waals surface area (Å²) in [6.07, 6.45) is 0. The van der Waals surface area contributed by atoms with Crippen molar-refractivity contribution in [2.24, 2.45) is 23.7 Å². The topological polar surface area (TPSA) is 105 Å². The Kier molecular flexibility index (Phi) is 11.3. The minimum Gasteiger partial charge on any atom is -0.465 e. The second-order valence-corrected chi connectivity index (χ2v) is 5.68. The van der Waals surface area contributed by atoms with E-state index in [9.17, 15) is 19.2 Å². The molecular formula is C18H30O8. The highest BCUT2D eigenvalue weighted by atomic mass is 16.6. The lowest BCUT2D eigenvalue weighted by atomic mass is 9.76. The summed E-state index contributed by atoms with van der Waals surface area (Å²) >= 11 is 0. The molecule has 0 saturated heterocycles. The van der Waals surface area contributed by atoms with Crippen molar-refractivity contribution in [3.05, 3.63) is 0 Å². The van der Waals surface area contributed by atoms with Gasteiger partial charge in [0.2, 0.25) is 0 Å². The maximum Gasteiger partial charge on any atom is 0.320 e. The molecule has 0 aliphatic carbocycles. The van der Waals surface area contributed by atoms with Gasteiger partial charge in [0.05, 0.1) is 26.4 Å². The highest BCUT2D eigenvalue weighted by molar-refractivity contribution is 5.97. The molecule has 26 heavy (non-hydrogen) atoms. The van der Waals surface area contributed by atoms with Gasteiger partial charge in [-0.1, -0.05) is 13.8 Å². The first-order valence-corrected chi connectivity index (χ1v) is 8.93. The van der Waals surface area contributed by atoms with E-state index in [1.165, 1.54) is 0 Å². The maximum atomic E-state index is 12.3. The number of hydrogen-bond acceptors (Lipinski definition) is 8. The van der Waals surface area contributed by atoms with Crippen molar-refractivity contribution in [3.8, 4) is 0 Å².